The van der Waals surface area contributed by atoms with Crippen molar-refractivity contribution in [2.45, 2.75) is 62.4 Å². The molecule has 0 amide bonds. The van der Waals surface area contributed by atoms with Gasteiger partial charge in [0.1, 0.15) is 42.3 Å². The Balaban J connectivity index is 0.000000158. The van der Waals surface area contributed by atoms with Crippen LogP contribution in [0.3, 0.4) is 0 Å². The van der Waals surface area contributed by atoms with Crippen molar-refractivity contribution in [2.24, 2.45) is 11.8 Å². The third kappa shape index (κ3) is 9.40. The van der Waals surface area contributed by atoms with Gasteiger partial charge in [-0.1, -0.05) is 95.5 Å². The number of rotatable bonds is 12. The molecule has 4 aliphatic rings. The predicted molar refractivity (Wildman–Crippen MR) is 268 cm³/mol. The molecule has 69 heavy (non-hydrogen) atoms. The van der Waals surface area contributed by atoms with Crippen molar-refractivity contribution in [3.8, 4) is 21.1 Å². The van der Waals surface area contributed by atoms with E-state index in [0.717, 1.165) is 82.0 Å². The normalized spacial score (nSPS) is 19.2. The first-order chi connectivity index (χ1) is 33.0. The molecule has 0 unspecified atom stereocenters. The maximum Gasteiger partial charge on any atom is 0.307 e. The molecule has 15 heteroatoms. The van der Waals surface area contributed by atoms with Gasteiger partial charge in [-0.3, -0.25) is 19.4 Å². The number of thiazole rings is 2. The van der Waals surface area contributed by atoms with Crippen LogP contribution in [0.2, 0.25) is 0 Å². The Morgan fingerprint density at radius 1 is 0.565 bits per heavy atom. The van der Waals surface area contributed by atoms with Crippen molar-refractivity contribution in [3.63, 3.8) is 0 Å². The Bertz CT molecular complexity index is 2990. The molecule has 6 heterocycles. The van der Waals surface area contributed by atoms with Gasteiger partial charge in [-0.2, -0.15) is 0 Å². The Kier molecular flexibility index (Phi) is 12.9. The average Bonchev–Trinajstić information content (AvgIpc) is 4.05. The van der Waals surface area contributed by atoms with Crippen molar-refractivity contribution in [1.82, 2.24) is 29.7 Å². The quantitative estimate of drug-likeness (QED) is 0.122. The topological polar surface area (TPSA) is 133 Å². The van der Waals surface area contributed by atoms with Crippen LogP contribution in [0.25, 0.3) is 41.8 Å². The highest BCUT2D eigenvalue weighted by Crippen LogP contribution is 2.54. The second-order valence-corrected chi connectivity index (χ2v) is 20.7. The van der Waals surface area contributed by atoms with E-state index in [0.29, 0.717) is 60.2 Å². The molecule has 0 spiro atoms. The largest absolute Gasteiger partial charge is 0.481 e. The molecule has 8 aromatic rings. The fourth-order valence-corrected chi connectivity index (χ4v) is 12.0. The molecule has 2 atom stereocenters. The highest BCUT2D eigenvalue weighted by molar-refractivity contribution is 7.21. The number of halogens is 3. The third-order valence-electron chi connectivity index (χ3n) is 14.2. The van der Waals surface area contributed by atoms with Crippen molar-refractivity contribution in [2.75, 3.05) is 26.2 Å². The predicted octanol–water partition coefficient (Wildman–Crippen LogP) is 11.4. The van der Waals surface area contributed by atoms with Crippen LogP contribution in [0.4, 0.5) is 8.78 Å². The van der Waals surface area contributed by atoms with Crippen LogP contribution in [-0.2, 0) is 33.5 Å². The second-order valence-electron chi connectivity index (χ2n) is 18.7. The van der Waals surface area contributed by atoms with Gasteiger partial charge in [-0.15, -0.1) is 12.4 Å². The van der Waals surface area contributed by atoms with E-state index in [-0.39, 0.29) is 46.7 Å². The van der Waals surface area contributed by atoms with Gasteiger partial charge in [0.05, 0.1) is 23.2 Å². The van der Waals surface area contributed by atoms with E-state index in [2.05, 4.69) is 80.4 Å². The highest BCUT2D eigenvalue weighted by atomic mass is 35.5. The number of aromatic nitrogens is 4. The lowest BCUT2D eigenvalue weighted by Gasteiger charge is -2.15. The summed E-state index contributed by atoms with van der Waals surface area (Å²) in [6, 6.07) is 39.6. The molecule has 0 bridgehead atoms. The fraction of sp³-hybridized carbons (Fsp3) is 0.296. The summed E-state index contributed by atoms with van der Waals surface area (Å²) in [6.45, 7) is 3.55. The zero-order valence-electron chi connectivity index (χ0n) is 37.6. The molecule has 2 aliphatic carbocycles. The minimum Gasteiger partial charge on any atom is -0.481 e. The van der Waals surface area contributed by atoms with E-state index in [1.54, 1.807) is 24.3 Å². The summed E-state index contributed by atoms with van der Waals surface area (Å²) in [6.07, 6.45) is 5.62. The van der Waals surface area contributed by atoms with Gasteiger partial charge in [0.15, 0.2) is 0 Å². The number of fused-ring (bicyclic) bond motifs is 2. The van der Waals surface area contributed by atoms with E-state index >= 15 is 8.78 Å². The molecule has 352 valence electrons. The van der Waals surface area contributed by atoms with Gasteiger partial charge in [-0.25, -0.2) is 28.7 Å². The number of carboxylic acid groups (broad SMARTS) is 2. The van der Waals surface area contributed by atoms with Gasteiger partial charge in [0.2, 0.25) is 0 Å². The first-order valence-electron chi connectivity index (χ1n) is 23.2. The number of pyridine rings is 2. The molecule has 4 aromatic carbocycles. The Hall–Kier alpha value is -6.03. The Morgan fingerprint density at radius 2 is 0.971 bits per heavy atom. The molecular formula is C54H49ClF2N6O4S2. The second kappa shape index (κ2) is 19.0. The van der Waals surface area contributed by atoms with Gasteiger partial charge < -0.3 is 10.2 Å². The summed E-state index contributed by atoms with van der Waals surface area (Å²) in [5.74, 6) is -2.80. The van der Waals surface area contributed by atoms with Crippen molar-refractivity contribution >= 4 is 67.7 Å². The Labute approximate surface area is 412 Å². The number of nitrogens with zero attached hydrogens (tertiary/aromatic N) is 6. The van der Waals surface area contributed by atoms with E-state index < -0.39 is 11.9 Å². The molecule has 2 saturated carbocycles. The lowest BCUT2D eigenvalue weighted by Crippen LogP contribution is -2.22. The average molecular weight is 984 g/mol. The van der Waals surface area contributed by atoms with E-state index in [4.69, 9.17) is 9.97 Å². The van der Waals surface area contributed by atoms with Crippen LogP contribution >= 0.6 is 35.1 Å². The number of benzene rings is 4. The molecule has 4 fully saturated rings. The molecule has 12 rings (SSSR count). The van der Waals surface area contributed by atoms with E-state index in [1.165, 1.54) is 33.8 Å². The van der Waals surface area contributed by atoms with Gasteiger partial charge in [0.25, 0.3) is 0 Å². The molecule has 2 aliphatic heterocycles. The minimum atomic E-state index is -0.756. The summed E-state index contributed by atoms with van der Waals surface area (Å²) in [7, 11) is 0. The summed E-state index contributed by atoms with van der Waals surface area (Å²) >= 11 is 2.84. The molecule has 4 aromatic heterocycles. The van der Waals surface area contributed by atoms with Crippen molar-refractivity contribution in [3.05, 3.63) is 167 Å². The maximum absolute atomic E-state index is 15.1. The maximum atomic E-state index is 15.1. The molecule has 0 radical (unpaired) electrons. The molecular weight excluding hydrogens is 934 g/mol. The molecule has 10 nitrogen and oxygen atoms in total. The standard InChI is InChI=1S/2C27H24FN3O2S.ClH/c2*28-21-14-17(15-31-13-10-18(16-31)26(32)33)6-7-20(21)24-29-22-8-9-23(30-25(22)34-24)27(11-12-27)19-4-2-1-3-5-19;/h2*1-9,14,18H,10-13,15-16H2,(H,32,33);1H/t2*18-;/m10./s1. The first-order valence-corrected chi connectivity index (χ1v) is 24.8. The van der Waals surface area contributed by atoms with Crippen LogP contribution in [-0.4, -0.2) is 78.1 Å². The van der Waals surface area contributed by atoms with Crippen LogP contribution in [0, 0.1) is 23.5 Å². The van der Waals surface area contributed by atoms with Crippen LogP contribution in [0.5, 0.6) is 0 Å². The van der Waals surface area contributed by atoms with Gasteiger partial charge in [0, 0.05) is 48.1 Å². The number of likely N-dealkylation sites (tertiary alicyclic amines) is 2. The summed E-state index contributed by atoms with van der Waals surface area (Å²) in [4.78, 5) is 47.4. The van der Waals surface area contributed by atoms with Crippen LogP contribution in [0.1, 0.15) is 72.2 Å². The van der Waals surface area contributed by atoms with Crippen molar-refractivity contribution < 1.29 is 28.6 Å². The zero-order chi connectivity index (χ0) is 46.6. The van der Waals surface area contributed by atoms with E-state index in [9.17, 15) is 19.8 Å². The smallest absolute Gasteiger partial charge is 0.307 e. The number of hydrogen-bond acceptors (Lipinski definition) is 10. The van der Waals surface area contributed by atoms with E-state index in [1.807, 2.05) is 36.4 Å². The highest BCUT2D eigenvalue weighted by Gasteiger charge is 2.48. The fourth-order valence-electron chi connectivity index (χ4n) is 10.1. The number of carboxylic acids is 2. The number of hydrogen-bond donors (Lipinski definition) is 2. The summed E-state index contributed by atoms with van der Waals surface area (Å²) in [5.41, 5.74) is 8.88. The number of carbonyl (C=O) groups is 2. The summed E-state index contributed by atoms with van der Waals surface area (Å²) in [5, 5.41) is 19.6. The van der Waals surface area contributed by atoms with Crippen molar-refractivity contribution in [1.29, 1.82) is 0 Å². The molecule has 2 N–H and O–H groups in total. The first kappa shape index (κ1) is 46.7. The Morgan fingerprint density at radius 3 is 1.32 bits per heavy atom. The summed E-state index contributed by atoms with van der Waals surface area (Å²) < 4.78 is 30.2. The molecule has 2 saturated heterocycles. The monoisotopic (exact) mass is 982 g/mol. The van der Waals surface area contributed by atoms with Crippen LogP contribution in [0.15, 0.2) is 121 Å². The lowest BCUT2D eigenvalue weighted by atomic mass is 9.92. The zero-order valence-corrected chi connectivity index (χ0v) is 40.0. The van der Waals surface area contributed by atoms with Crippen LogP contribution < -0.4 is 0 Å². The SMILES string of the molecule is Cl.O=C(O)[C@@H]1CCN(Cc2ccc(-c3nc4ccc(C5(c6ccccc6)CC5)nc4s3)c(F)c2)C1.O=C(O)[C@H]1CCN(Cc2ccc(-c3nc4ccc(C5(c6ccccc6)CC5)nc4s3)c(F)c2)C1. The van der Waals surface area contributed by atoms with Gasteiger partial charge in [-0.05, 0) is 122 Å². The minimum absolute atomic E-state index is 0. The lowest BCUT2D eigenvalue weighted by molar-refractivity contribution is -0.142. The third-order valence-corrected chi connectivity index (χ3v) is 16.2. The van der Waals surface area contributed by atoms with Gasteiger partial charge >= 0.3 is 11.9 Å². The number of aliphatic carboxylic acids is 2.